The van der Waals surface area contributed by atoms with Gasteiger partial charge in [-0.2, -0.15) is 0 Å². The van der Waals surface area contributed by atoms with Gasteiger partial charge in [0.15, 0.2) is 0 Å². The van der Waals surface area contributed by atoms with Crippen LogP contribution in [0.5, 0.6) is 0 Å². The first-order valence-corrected chi connectivity index (χ1v) is 9.45. The maximum atomic E-state index is 13.0. The summed E-state index contributed by atoms with van der Waals surface area (Å²) in [5.74, 6) is -1.09. The summed E-state index contributed by atoms with van der Waals surface area (Å²) >= 11 is 16.1. The number of hydrogen-bond donors (Lipinski definition) is 0. The topological polar surface area (TPSA) is 46.6 Å². The highest BCUT2D eigenvalue weighted by Gasteiger charge is 2.44. The van der Waals surface area contributed by atoms with Crippen LogP contribution in [0.4, 0.5) is 5.69 Å². The molecule has 2 aromatic carbocycles. The smallest absolute Gasteiger partial charge is 0.336 e. The summed E-state index contributed by atoms with van der Waals surface area (Å²) in [6.07, 6.45) is 0.0872. The second-order valence-electron chi connectivity index (χ2n) is 6.04. The molecule has 4 nitrogen and oxygen atoms in total. The number of halogens is 3. The minimum absolute atomic E-state index is 0.0466. The second-order valence-corrected chi connectivity index (χ2v) is 7.77. The average Bonchev–Trinajstić information content (AvgIpc) is 2.96. The highest BCUT2D eigenvalue weighted by atomic mass is 79.9. The van der Waals surface area contributed by atoms with Crippen LogP contribution in [0.25, 0.3) is 0 Å². The van der Waals surface area contributed by atoms with Crippen molar-refractivity contribution in [3.8, 4) is 0 Å². The number of esters is 1. The molecule has 2 aromatic rings. The van der Waals surface area contributed by atoms with Crippen molar-refractivity contribution in [1.29, 1.82) is 0 Å². The lowest BCUT2D eigenvalue weighted by Gasteiger charge is -2.32. The SMILES string of the molecule is O=C1OCC2=C1C(c1c(Cl)cccc1Cl)CC(=O)N2c1cccc(Br)c1. The average molecular weight is 453 g/mol. The molecule has 0 fully saturated rings. The third-order valence-electron chi connectivity index (χ3n) is 4.53. The van der Waals surface area contributed by atoms with Gasteiger partial charge < -0.3 is 4.74 Å². The Kier molecular flexibility index (Phi) is 4.55. The molecule has 1 atom stereocenters. The number of hydrogen-bond acceptors (Lipinski definition) is 3. The molecule has 0 saturated heterocycles. The van der Waals surface area contributed by atoms with Gasteiger partial charge in [0.2, 0.25) is 5.91 Å². The summed E-state index contributed by atoms with van der Waals surface area (Å²) in [5, 5.41) is 0.857. The van der Waals surface area contributed by atoms with Gasteiger partial charge in [0.1, 0.15) is 6.61 Å². The normalized spacial score (nSPS) is 19.7. The monoisotopic (exact) mass is 451 g/mol. The lowest BCUT2D eigenvalue weighted by atomic mass is 9.84. The summed E-state index contributed by atoms with van der Waals surface area (Å²) < 4.78 is 6.10. The third kappa shape index (κ3) is 2.84. The molecule has 0 bridgehead atoms. The van der Waals surface area contributed by atoms with Gasteiger partial charge in [-0.05, 0) is 35.9 Å². The van der Waals surface area contributed by atoms with Crippen molar-refractivity contribution in [3.05, 3.63) is 73.8 Å². The molecule has 7 heteroatoms. The van der Waals surface area contributed by atoms with Gasteiger partial charge in [-0.15, -0.1) is 0 Å². The number of amides is 1. The zero-order valence-corrected chi connectivity index (χ0v) is 16.4. The van der Waals surface area contributed by atoms with Gasteiger partial charge in [0.05, 0.1) is 11.3 Å². The molecular formula is C19H12BrCl2NO3. The van der Waals surface area contributed by atoms with Crippen LogP contribution in [0.15, 0.2) is 58.2 Å². The molecule has 132 valence electrons. The molecule has 0 radical (unpaired) electrons. The number of carbonyl (C=O) groups is 2. The Morgan fingerprint density at radius 2 is 1.77 bits per heavy atom. The van der Waals surface area contributed by atoms with Crippen molar-refractivity contribution in [1.82, 2.24) is 0 Å². The fourth-order valence-corrected chi connectivity index (χ4v) is 4.51. The molecule has 2 aliphatic heterocycles. The molecule has 0 N–H and O–H groups in total. The first kappa shape index (κ1) is 17.6. The van der Waals surface area contributed by atoms with Crippen molar-refractivity contribution in [2.45, 2.75) is 12.3 Å². The van der Waals surface area contributed by atoms with E-state index in [0.29, 0.717) is 32.6 Å². The van der Waals surface area contributed by atoms with E-state index in [2.05, 4.69) is 15.9 Å². The highest BCUT2D eigenvalue weighted by Crippen LogP contribution is 2.45. The third-order valence-corrected chi connectivity index (χ3v) is 5.68. The molecule has 0 saturated carbocycles. The molecule has 0 spiro atoms. The maximum Gasteiger partial charge on any atom is 0.336 e. The summed E-state index contributed by atoms with van der Waals surface area (Å²) in [5.41, 5.74) is 2.26. The van der Waals surface area contributed by atoms with Gasteiger partial charge in [-0.3, -0.25) is 9.69 Å². The van der Waals surface area contributed by atoms with E-state index in [9.17, 15) is 9.59 Å². The van der Waals surface area contributed by atoms with Crippen LogP contribution >= 0.6 is 39.1 Å². The molecule has 2 aliphatic rings. The molecule has 0 aromatic heterocycles. The minimum atomic E-state index is -0.517. The van der Waals surface area contributed by atoms with Crippen molar-refractivity contribution < 1.29 is 14.3 Å². The van der Waals surface area contributed by atoms with Gasteiger partial charge in [-0.25, -0.2) is 4.79 Å². The van der Waals surface area contributed by atoms with E-state index >= 15 is 0 Å². The Labute approximate surface area is 168 Å². The van der Waals surface area contributed by atoms with Gasteiger partial charge in [-0.1, -0.05) is 51.3 Å². The molecule has 26 heavy (non-hydrogen) atoms. The number of cyclic esters (lactones) is 1. The van der Waals surface area contributed by atoms with Crippen molar-refractivity contribution in [2.75, 3.05) is 11.5 Å². The quantitative estimate of drug-likeness (QED) is 0.596. The molecule has 1 unspecified atom stereocenters. The lowest BCUT2D eigenvalue weighted by molar-refractivity contribution is -0.136. The van der Waals surface area contributed by atoms with Crippen LogP contribution in [0, 0.1) is 0 Å². The van der Waals surface area contributed by atoms with E-state index in [1.54, 1.807) is 23.1 Å². The number of ether oxygens (including phenoxy) is 1. The molecule has 4 rings (SSSR count). The number of carbonyl (C=O) groups excluding carboxylic acids is 2. The Bertz CT molecular complexity index is 953. The van der Waals surface area contributed by atoms with E-state index in [1.165, 1.54) is 0 Å². The molecular weight excluding hydrogens is 441 g/mol. The number of anilines is 1. The molecule has 2 heterocycles. The van der Waals surface area contributed by atoms with Crippen molar-refractivity contribution in [2.24, 2.45) is 0 Å². The van der Waals surface area contributed by atoms with E-state index in [0.717, 1.165) is 4.47 Å². The standard InChI is InChI=1S/C19H12BrCl2NO3/c20-10-3-1-4-11(7-10)23-15-9-26-19(25)18(15)12(8-16(23)24)17-13(21)5-2-6-14(17)22/h1-7,12H,8-9H2. The second kappa shape index (κ2) is 6.72. The zero-order chi connectivity index (χ0) is 18.4. The highest BCUT2D eigenvalue weighted by molar-refractivity contribution is 9.10. The molecule has 0 aliphatic carbocycles. The predicted molar refractivity (Wildman–Crippen MR) is 103 cm³/mol. The van der Waals surface area contributed by atoms with Crippen LogP contribution in [-0.4, -0.2) is 18.5 Å². The molecule has 1 amide bonds. The van der Waals surface area contributed by atoms with Crippen molar-refractivity contribution >= 4 is 56.7 Å². The van der Waals surface area contributed by atoms with E-state index in [1.807, 2.05) is 24.3 Å². The Morgan fingerprint density at radius 1 is 1.08 bits per heavy atom. The fourth-order valence-electron chi connectivity index (χ4n) is 3.46. The van der Waals surface area contributed by atoms with Gasteiger partial charge in [0, 0.05) is 32.5 Å². The number of nitrogens with zero attached hydrogens (tertiary/aromatic N) is 1. The summed E-state index contributed by atoms with van der Waals surface area (Å²) in [6.45, 7) is 0.0466. The largest absolute Gasteiger partial charge is 0.456 e. The van der Waals surface area contributed by atoms with Crippen LogP contribution in [-0.2, 0) is 14.3 Å². The van der Waals surface area contributed by atoms with Crippen LogP contribution < -0.4 is 4.90 Å². The first-order chi connectivity index (χ1) is 12.5. The van der Waals surface area contributed by atoms with Crippen molar-refractivity contribution in [3.63, 3.8) is 0 Å². The van der Waals surface area contributed by atoms with Crippen LogP contribution in [0.2, 0.25) is 10.0 Å². The minimum Gasteiger partial charge on any atom is -0.456 e. The summed E-state index contributed by atoms with van der Waals surface area (Å²) in [6, 6.07) is 12.5. The first-order valence-electron chi connectivity index (χ1n) is 7.90. The number of rotatable bonds is 2. The maximum absolute atomic E-state index is 13.0. The van der Waals surface area contributed by atoms with Crippen LogP contribution in [0.3, 0.4) is 0 Å². The van der Waals surface area contributed by atoms with E-state index in [-0.39, 0.29) is 18.9 Å². The number of benzene rings is 2. The van der Waals surface area contributed by atoms with Crippen LogP contribution in [0.1, 0.15) is 17.9 Å². The zero-order valence-electron chi connectivity index (χ0n) is 13.3. The predicted octanol–water partition coefficient (Wildman–Crippen LogP) is 5.09. The Morgan fingerprint density at radius 3 is 2.46 bits per heavy atom. The van der Waals surface area contributed by atoms with Gasteiger partial charge >= 0.3 is 5.97 Å². The lowest BCUT2D eigenvalue weighted by Crippen LogP contribution is -2.37. The van der Waals surface area contributed by atoms with Gasteiger partial charge in [0.25, 0.3) is 0 Å². The summed E-state index contributed by atoms with van der Waals surface area (Å²) in [7, 11) is 0. The van der Waals surface area contributed by atoms with E-state index in [4.69, 9.17) is 27.9 Å². The summed E-state index contributed by atoms with van der Waals surface area (Å²) in [4.78, 5) is 27.0. The van der Waals surface area contributed by atoms with E-state index < -0.39 is 11.9 Å². The fraction of sp³-hybridized carbons (Fsp3) is 0.158. The Balaban J connectivity index is 1.89. The Hall–Kier alpha value is -1.82.